The molecule has 158 valence electrons. The van der Waals surface area contributed by atoms with Crippen LogP contribution < -0.4 is 16.4 Å². The van der Waals surface area contributed by atoms with Crippen LogP contribution in [0.4, 0.5) is 0 Å². The number of thiophene rings is 1. The van der Waals surface area contributed by atoms with Gasteiger partial charge >= 0.3 is 0 Å². The van der Waals surface area contributed by atoms with Crippen molar-refractivity contribution in [2.75, 3.05) is 0 Å². The molecule has 7 nitrogen and oxygen atoms in total. The Balaban J connectivity index is 1.83. The van der Waals surface area contributed by atoms with E-state index < -0.39 is 5.91 Å². The van der Waals surface area contributed by atoms with E-state index in [4.69, 9.17) is 0 Å². The smallest absolute Gasteiger partial charge is 0.267 e. The van der Waals surface area contributed by atoms with E-state index in [2.05, 4.69) is 29.8 Å². The number of hydrogen-bond donors (Lipinski definition) is 2. The zero-order valence-corrected chi connectivity index (χ0v) is 18.3. The lowest BCUT2D eigenvalue weighted by Gasteiger charge is -2.11. The fourth-order valence-corrected chi connectivity index (χ4v) is 4.57. The zero-order valence-electron chi connectivity index (χ0n) is 17.4. The Morgan fingerprint density at radius 3 is 2.40 bits per heavy atom. The van der Waals surface area contributed by atoms with E-state index in [0.29, 0.717) is 28.6 Å². The molecule has 1 aromatic carbocycles. The van der Waals surface area contributed by atoms with E-state index in [1.165, 1.54) is 20.9 Å². The van der Waals surface area contributed by atoms with Crippen LogP contribution in [-0.2, 0) is 19.4 Å². The molecule has 0 fully saturated rings. The molecular weight excluding hydrogens is 400 g/mol. The first-order chi connectivity index (χ1) is 14.5. The molecule has 0 saturated heterocycles. The number of amides is 2. The van der Waals surface area contributed by atoms with E-state index in [1.54, 1.807) is 24.3 Å². The fourth-order valence-electron chi connectivity index (χ4n) is 3.32. The molecule has 0 aliphatic heterocycles. The van der Waals surface area contributed by atoms with Crippen molar-refractivity contribution in [1.82, 2.24) is 20.6 Å². The van der Waals surface area contributed by atoms with Crippen molar-refractivity contribution in [3.63, 3.8) is 0 Å². The standard InChI is InChI=1S/C22H26N4O3S/c1-4-9-17-14(6-3)13-18(30-17)20(27)23-24-21(28)19-15-10-7-8-11-16(15)22(29)26(25-19)12-5-2/h7-8,10-11,13H,4-6,9,12H2,1-3H3,(H,23,27)(H,24,28). The molecule has 0 bridgehead atoms. The van der Waals surface area contributed by atoms with Crippen molar-refractivity contribution in [2.45, 2.75) is 53.0 Å². The molecule has 30 heavy (non-hydrogen) atoms. The maximum absolute atomic E-state index is 12.8. The summed E-state index contributed by atoms with van der Waals surface area (Å²) in [7, 11) is 0. The van der Waals surface area contributed by atoms with Crippen LogP contribution in [0.3, 0.4) is 0 Å². The molecule has 0 unspecified atom stereocenters. The number of nitrogens with zero attached hydrogens (tertiary/aromatic N) is 2. The summed E-state index contributed by atoms with van der Waals surface area (Å²) in [5.41, 5.74) is 5.96. The number of hydrazine groups is 1. The third-order valence-corrected chi connectivity index (χ3v) is 6.02. The van der Waals surface area contributed by atoms with E-state index >= 15 is 0 Å². The predicted molar refractivity (Wildman–Crippen MR) is 119 cm³/mol. The van der Waals surface area contributed by atoms with Crippen molar-refractivity contribution >= 4 is 33.9 Å². The highest BCUT2D eigenvalue weighted by atomic mass is 32.1. The van der Waals surface area contributed by atoms with Gasteiger partial charge in [-0.1, -0.05) is 45.4 Å². The topological polar surface area (TPSA) is 93.1 Å². The molecule has 8 heteroatoms. The number of fused-ring (bicyclic) bond motifs is 1. The number of hydrogen-bond acceptors (Lipinski definition) is 5. The number of aromatic nitrogens is 2. The molecule has 2 heterocycles. The van der Waals surface area contributed by atoms with Crippen LogP contribution in [0.25, 0.3) is 10.8 Å². The molecule has 0 aliphatic rings. The molecule has 0 spiro atoms. The third-order valence-electron chi connectivity index (χ3n) is 4.79. The van der Waals surface area contributed by atoms with Crippen molar-refractivity contribution in [1.29, 1.82) is 0 Å². The first-order valence-corrected chi connectivity index (χ1v) is 11.0. The van der Waals surface area contributed by atoms with Crippen molar-refractivity contribution in [3.8, 4) is 0 Å². The van der Waals surface area contributed by atoms with Crippen LogP contribution in [0.1, 0.15) is 64.2 Å². The van der Waals surface area contributed by atoms with Gasteiger partial charge in [0.2, 0.25) is 0 Å². The molecule has 0 atom stereocenters. The van der Waals surface area contributed by atoms with E-state index in [9.17, 15) is 14.4 Å². The van der Waals surface area contributed by atoms with Gasteiger partial charge in [0, 0.05) is 16.8 Å². The number of rotatable bonds is 7. The lowest BCUT2D eigenvalue weighted by atomic mass is 10.1. The maximum atomic E-state index is 12.8. The minimum absolute atomic E-state index is 0.103. The molecule has 0 radical (unpaired) electrons. The van der Waals surface area contributed by atoms with Gasteiger partial charge in [0.05, 0.1) is 10.3 Å². The monoisotopic (exact) mass is 426 g/mol. The number of aryl methyl sites for hydroxylation is 3. The Bertz CT molecular complexity index is 1130. The minimum atomic E-state index is -0.564. The fraction of sp³-hybridized carbons (Fsp3) is 0.364. The molecule has 3 aromatic rings. The Morgan fingerprint density at radius 2 is 1.73 bits per heavy atom. The lowest BCUT2D eigenvalue weighted by Crippen LogP contribution is -2.42. The minimum Gasteiger partial charge on any atom is -0.267 e. The summed E-state index contributed by atoms with van der Waals surface area (Å²) in [6.45, 7) is 6.51. The number of nitrogens with one attached hydrogen (secondary N) is 2. The van der Waals surface area contributed by atoms with Gasteiger partial charge in [-0.05, 0) is 37.0 Å². The highest BCUT2D eigenvalue weighted by Crippen LogP contribution is 2.24. The predicted octanol–water partition coefficient (Wildman–Crippen LogP) is 3.46. The molecule has 2 N–H and O–H groups in total. The van der Waals surface area contributed by atoms with Gasteiger partial charge < -0.3 is 0 Å². The van der Waals surface area contributed by atoms with E-state index in [1.807, 2.05) is 13.0 Å². The van der Waals surface area contributed by atoms with Crippen LogP contribution in [-0.4, -0.2) is 21.6 Å². The van der Waals surface area contributed by atoms with Crippen LogP contribution in [0.5, 0.6) is 0 Å². The first-order valence-electron chi connectivity index (χ1n) is 10.2. The van der Waals surface area contributed by atoms with E-state index in [0.717, 1.165) is 24.8 Å². The highest BCUT2D eigenvalue weighted by Gasteiger charge is 2.18. The van der Waals surface area contributed by atoms with Crippen LogP contribution in [0.15, 0.2) is 35.1 Å². The molecule has 3 rings (SSSR count). The summed E-state index contributed by atoms with van der Waals surface area (Å²) in [5, 5.41) is 5.12. The zero-order chi connectivity index (χ0) is 21.7. The van der Waals surface area contributed by atoms with Crippen molar-refractivity contribution in [3.05, 3.63) is 61.7 Å². The summed E-state index contributed by atoms with van der Waals surface area (Å²) in [5.74, 6) is -0.929. The summed E-state index contributed by atoms with van der Waals surface area (Å²) in [6, 6.07) is 8.73. The Kier molecular flexibility index (Phi) is 6.99. The molecule has 2 aromatic heterocycles. The molecule has 0 aliphatic carbocycles. The number of carbonyl (C=O) groups is 2. The second-order valence-electron chi connectivity index (χ2n) is 6.99. The summed E-state index contributed by atoms with van der Waals surface area (Å²) in [6.07, 6.45) is 3.52. The van der Waals surface area contributed by atoms with Gasteiger partial charge in [0.25, 0.3) is 17.4 Å². The SMILES string of the molecule is CCCc1sc(C(=O)NNC(=O)c2nn(CCC)c(=O)c3ccccc23)cc1CC. The van der Waals surface area contributed by atoms with E-state index in [-0.39, 0.29) is 17.2 Å². The average Bonchev–Trinajstić information content (AvgIpc) is 3.17. The summed E-state index contributed by atoms with van der Waals surface area (Å²) >= 11 is 1.45. The Labute approximate surface area is 179 Å². The second kappa shape index (κ2) is 9.67. The van der Waals surface area contributed by atoms with Gasteiger partial charge in [0.1, 0.15) is 0 Å². The molecular formula is C22H26N4O3S. The van der Waals surface area contributed by atoms with Crippen LogP contribution in [0, 0.1) is 0 Å². The summed E-state index contributed by atoms with van der Waals surface area (Å²) < 4.78 is 1.29. The Morgan fingerprint density at radius 1 is 1.03 bits per heavy atom. The lowest BCUT2D eigenvalue weighted by molar-refractivity contribution is 0.0845. The quantitative estimate of drug-likeness (QED) is 0.566. The maximum Gasteiger partial charge on any atom is 0.290 e. The van der Waals surface area contributed by atoms with Gasteiger partial charge in [-0.15, -0.1) is 11.3 Å². The normalized spacial score (nSPS) is 10.9. The van der Waals surface area contributed by atoms with Gasteiger partial charge in [0.15, 0.2) is 5.69 Å². The molecule has 0 saturated carbocycles. The van der Waals surface area contributed by atoms with Crippen LogP contribution >= 0.6 is 11.3 Å². The van der Waals surface area contributed by atoms with Gasteiger partial charge in [-0.3, -0.25) is 25.2 Å². The van der Waals surface area contributed by atoms with Crippen LogP contribution in [0.2, 0.25) is 0 Å². The Hall–Kier alpha value is -3.00. The summed E-state index contributed by atoms with van der Waals surface area (Å²) in [4.78, 5) is 39.7. The van der Waals surface area contributed by atoms with Crippen molar-refractivity contribution < 1.29 is 9.59 Å². The second-order valence-corrected chi connectivity index (χ2v) is 8.13. The largest absolute Gasteiger partial charge is 0.290 e. The highest BCUT2D eigenvalue weighted by molar-refractivity contribution is 7.14. The molecule has 2 amide bonds. The first kappa shape index (κ1) is 21.7. The van der Waals surface area contributed by atoms with Crippen molar-refractivity contribution in [2.24, 2.45) is 0 Å². The van der Waals surface area contributed by atoms with Gasteiger partial charge in [-0.2, -0.15) is 5.10 Å². The number of carbonyl (C=O) groups excluding carboxylic acids is 2. The third kappa shape index (κ3) is 4.43. The number of benzene rings is 1. The average molecular weight is 427 g/mol. The van der Waals surface area contributed by atoms with Gasteiger partial charge in [-0.25, -0.2) is 4.68 Å².